The van der Waals surface area contributed by atoms with Crippen LogP contribution in [0.4, 0.5) is 0 Å². The van der Waals surface area contributed by atoms with E-state index in [-0.39, 0.29) is 6.04 Å². The van der Waals surface area contributed by atoms with Crippen molar-refractivity contribution < 1.29 is 13.2 Å². The zero-order chi connectivity index (χ0) is 21.1. The number of hydrogen-bond acceptors (Lipinski definition) is 5. The van der Waals surface area contributed by atoms with Gasteiger partial charge in [0.15, 0.2) is 0 Å². The van der Waals surface area contributed by atoms with E-state index in [9.17, 15) is 8.42 Å². The summed E-state index contributed by atoms with van der Waals surface area (Å²) in [6.07, 6.45) is 3.06. The Balaban J connectivity index is 1.54. The first-order chi connectivity index (χ1) is 14.3. The number of benzene rings is 2. The Morgan fingerprint density at radius 2 is 1.83 bits per heavy atom. The smallest absolute Gasteiger partial charge is 0.211 e. The van der Waals surface area contributed by atoms with Gasteiger partial charge in [-0.05, 0) is 23.8 Å². The Kier molecular flexibility index (Phi) is 4.78. The molecule has 6 nitrogen and oxygen atoms in total. The first kappa shape index (κ1) is 20.1. The van der Waals surface area contributed by atoms with Gasteiger partial charge in [0.05, 0.1) is 28.1 Å². The van der Waals surface area contributed by atoms with Crippen LogP contribution in [0.5, 0.6) is 5.75 Å². The van der Waals surface area contributed by atoms with Crippen LogP contribution in [0.3, 0.4) is 0 Å². The largest absolute Gasteiger partial charge is 0.466 e. The van der Waals surface area contributed by atoms with Gasteiger partial charge in [0.1, 0.15) is 5.75 Å². The van der Waals surface area contributed by atoms with Gasteiger partial charge in [-0.3, -0.25) is 0 Å². The molecule has 0 aliphatic carbocycles. The maximum absolute atomic E-state index is 12.0. The highest BCUT2D eigenvalue weighted by atomic mass is 35.5. The minimum Gasteiger partial charge on any atom is -0.466 e. The number of nitrogens with zero attached hydrogens (tertiary/aromatic N) is 3. The zero-order valence-corrected chi connectivity index (χ0v) is 18.7. The molecule has 158 valence electrons. The maximum atomic E-state index is 12.0. The molecular weight excluding hydrogens is 445 g/mol. The number of ether oxygens (including phenoxy) is 1. The number of halogens is 2. The molecule has 1 atom stereocenters. The fraction of sp³-hybridized carbons (Fsp3) is 0.381. The molecule has 0 bridgehead atoms. The van der Waals surface area contributed by atoms with E-state index in [2.05, 4.69) is 6.07 Å². The van der Waals surface area contributed by atoms with Crippen LogP contribution < -0.4 is 4.74 Å². The molecule has 9 heteroatoms. The van der Waals surface area contributed by atoms with E-state index in [1.54, 1.807) is 6.07 Å². The summed E-state index contributed by atoms with van der Waals surface area (Å²) in [7, 11) is -3.23. The highest BCUT2D eigenvalue weighted by Crippen LogP contribution is 2.50. The molecule has 1 fully saturated rings. The van der Waals surface area contributed by atoms with E-state index >= 15 is 0 Å². The lowest BCUT2D eigenvalue weighted by molar-refractivity contribution is -0.143. The van der Waals surface area contributed by atoms with Crippen molar-refractivity contribution in [2.75, 3.05) is 19.3 Å². The molecule has 1 saturated heterocycles. The summed E-state index contributed by atoms with van der Waals surface area (Å²) in [5.41, 5.74) is 2.27. The summed E-state index contributed by atoms with van der Waals surface area (Å²) >= 11 is 12.3. The molecule has 0 N–H and O–H groups in total. The SMILES string of the molecule is CS(=O)(=O)N1CCC2(CC1)Oc1ccccc1C1CC(c3ccc(Cl)c(Cl)c3)=NN12. The summed E-state index contributed by atoms with van der Waals surface area (Å²) in [6, 6.07) is 13.6. The van der Waals surface area contributed by atoms with E-state index in [0.29, 0.717) is 36.0 Å². The molecule has 0 saturated carbocycles. The van der Waals surface area contributed by atoms with Gasteiger partial charge < -0.3 is 4.74 Å². The van der Waals surface area contributed by atoms with Crippen molar-refractivity contribution in [3.8, 4) is 5.75 Å². The topological polar surface area (TPSA) is 62.2 Å². The molecule has 2 aromatic rings. The van der Waals surface area contributed by atoms with Crippen molar-refractivity contribution in [2.45, 2.75) is 31.0 Å². The Morgan fingerprint density at radius 3 is 2.53 bits per heavy atom. The van der Waals surface area contributed by atoms with Crippen LogP contribution in [-0.2, 0) is 10.0 Å². The van der Waals surface area contributed by atoms with Crippen molar-refractivity contribution in [2.24, 2.45) is 5.10 Å². The average Bonchev–Trinajstić information content (AvgIpc) is 3.17. The van der Waals surface area contributed by atoms with Gasteiger partial charge in [0.2, 0.25) is 15.7 Å². The van der Waals surface area contributed by atoms with Gasteiger partial charge >= 0.3 is 0 Å². The van der Waals surface area contributed by atoms with Crippen LogP contribution in [0.2, 0.25) is 10.0 Å². The first-order valence-electron chi connectivity index (χ1n) is 9.82. The second-order valence-corrected chi connectivity index (χ2v) is 10.8. The van der Waals surface area contributed by atoms with E-state index < -0.39 is 15.7 Å². The number of para-hydroxylation sites is 1. The number of rotatable bonds is 2. The molecule has 30 heavy (non-hydrogen) atoms. The average molecular weight is 466 g/mol. The Bertz CT molecular complexity index is 1140. The minimum absolute atomic E-state index is 0.0317. The Hall–Kier alpha value is -1.80. The quantitative estimate of drug-likeness (QED) is 0.663. The number of sulfonamides is 1. The summed E-state index contributed by atoms with van der Waals surface area (Å²) in [6.45, 7) is 0.809. The van der Waals surface area contributed by atoms with Crippen LogP contribution in [0, 0.1) is 0 Å². The Morgan fingerprint density at radius 1 is 1.10 bits per heavy atom. The van der Waals surface area contributed by atoms with Gasteiger partial charge in [-0.1, -0.05) is 47.5 Å². The van der Waals surface area contributed by atoms with Gasteiger partial charge in [-0.15, -0.1) is 0 Å². The van der Waals surface area contributed by atoms with Gasteiger partial charge in [0.25, 0.3) is 0 Å². The molecule has 3 aliphatic heterocycles. The van der Waals surface area contributed by atoms with Crippen molar-refractivity contribution in [1.82, 2.24) is 9.31 Å². The van der Waals surface area contributed by atoms with Crippen LogP contribution in [0.1, 0.15) is 36.4 Å². The predicted octanol–water partition coefficient (Wildman–Crippen LogP) is 4.29. The highest BCUT2D eigenvalue weighted by Gasteiger charge is 2.52. The standard InChI is InChI=1S/C21H21Cl2N3O3S/c1-30(27,28)25-10-8-21(9-11-25)26-19(15-4-2-3-5-20(15)29-21)13-18(24-26)14-6-7-16(22)17(23)12-14/h2-7,12,19H,8-11,13H2,1H3. The molecular formula is C21H21Cl2N3O3S. The number of hydrogen-bond donors (Lipinski definition) is 0. The molecule has 1 unspecified atom stereocenters. The minimum atomic E-state index is -3.23. The van der Waals surface area contributed by atoms with Crippen molar-refractivity contribution >= 4 is 38.9 Å². The lowest BCUT2D eigenvalue weighted by atomic mass is 9.91. The fourth-order valence-corrected chi connectivity index (χ4v) is 5.72. The van der Waals surface area contributed by atoms with Crippen molar-refractivity contribution in [3.05, 3.63) is 63.6 Å². The molecule has 2 aromatic carbocycles. The van der Waals surface area contributed by atoms with E-state index in [4.69, 9.17) is 33.0 Å². The normalized spacial score (nSPS) is 23.0. The van der Waals surface area contributed by atoms with Crippen LogP contribution in [0.15, 0.2) is 47.6 Å². The molecule has 1 spiro atoms. The first-order valence-corrected chi connectivity index (χ1v) is 12.4. The lowest BCUT2D eigenvalue weighted by Crippen LogP contribution is -2.59. The highest BCUT2D eigenvalue weighted by molar-refractivity contribution is 7.88. The molecule has 3 aliphatic rings. The Labute approximate surface area is 186 Å². The zero-order valence-electron chi connectivity index (χ0n) is 16.4. The molecule has 0 amide bonds. The molecule has 0 radical (unpaired) electrons. The third kappa shape index (κ3) is 3.28. The van der Waals surface area contributed by atoms with E-state index in [0.717, 1.165) is 29.0 Å². The summed E-state index contributed by atoms with van der Waals surface area (Å²) in [5, 5.41) is 8.02. The summed E-state index contributed by atoms with van der Waals surface area (Å²) < 4.78 is 32.0. The van der Waals surface area contributed by atoms with Crippen molar-refractivity contribution in [3.63, 3.8) is 0 Å². The van der Waals surface area contributed by atoms with Crippen LogP contribution >= 0.6 is 23.2 Å². The second-order valence-electron chi connectivity index (χ2n) is 7.99. The van der Waals surface area contributed by atoms with E-state index in [1.165, 1.54) is 10.6 Å². The van der Waals surface area contributed by atoms with Gasteiger partial charge in [-0.25, -0.2) is 17.7 Å². The monoisotopic (exact) mass is 465 g/mol. The van der Waals surface area contributed by atoms with Crippen LogP contribution in [0.25, 0.3) is 0 Å². The molecule has 0 aromatic heterocycles. The number of hydrazone groups is 1. The third-order valence-electron chi connectivity index (χ3n) is 6.13. The summed E-state index contributed by atoms with van der Waals surface area (Å²) in [4.78, 5) is 0. The van der Waals surface area contributed by atoms with Crippen molar-refractivity contribution in [1.29, 1.82) is 0 Å². The van der Waals surface area contributed by atoms with E-state index in [1.807, 2.05) is 35.3 Å². The van der Waals surface area contributed by atoms with Gasteiger partial charge in [0, 0.05) is 37.9 Å². The number of fused-ring (bicyclic) bond motifs is 4. The molecule has 5 rings (SSSR count). The lowest BCUT2D eigenvalue weighted by Gasteiger charge is -2.50. The predicted molar refractivity (Wildman–Crippen MR) is 118 cm³/mol. The third-order valence-corrected chi connectivity index (χ3v) is 8.17. The second kappa shape index (κ2) is 7.12. The molecule has 3 heterocycles. The maximum Gasteiger partial charge on any atom is 0.211 e. The fourth-order valence-electron chi connectivity index (χ4n) is 4.58. The summed E-state index contributed by atoms with van der Waals surface area (Å²) in [5.74, 6) is 0.845. The van der Waals surface area contributed by atoms with Gasteiger partial charge in [-0.2, -0.15) is 5.10 Å². The number of piperidine rings is 1. The van der Waals surface area contributed by atoms with Crippen LogP contribution in [-0.4, -0.2) is 48.5 Å².